The van der Waals surface area contributed by atoms with Gasteiger partial charge in [-0.1, -0.05) is 0 Å². The molecular weight excluding hydrogens is 376 g/mol. The Hall–Kier alpha value is -3.30. The Morgan fingerprint density at radius 1 is 0.500 bits per heavy atom. The Labute approximate surface area is 160 Å². The van der Waals surface area contributed by atoms with Gasteiger partial charge in [0.1, 0.15) is 22.3 Å². The summed E-state index contributed by atoms with van der Waals surface area (Å²) in [5.41, 5.74) is -3.99. The van der Waals surface area contributed by atoms with Crippen molar-refractivity contribution in [2.75, 3.05) is 26.4 Å². The second kappa shape index (κ2) is 10.1. The quantitative estimate of drug-likeness (QED) is 0.238. The first kappa shape index (κ1) is 22.7. The fraction of sp³-hybridized carbons (Fsp3) is 0.444. The summed E-state index contributed by atoms with van der Waals surface area (Å²) in [4.78, 5) is 74.7. The number of rotatable bonds is 8. The van der Waals surface area contributed by atoms with Crippen molar-refractivity contribution in [3.63, 3.8) is 0 Å². The molecule has 0 heterocycles. The summed E-state index contributed by atoms with van der Waals surface area (Å²) in [6.45, 7) is 5.03. The number of ether oxygens (including phenoxy) is 4. The van der Waals surface area contributed by atoms with Gasteiger partial charge in [0.25, 0.3) is 0 Å². The van der Waals surface area contributed by atoms with Gasteiger partial charge in [-0.15, -0.1) is 0 Å². The molecule has 152 valence electrons. The molecule has 0 spiro atoms. The molecule has 0 atom stereocenters. The van der Waals surface area contributed by atoms with Crippen LogP contribution in [0.25, 0.3) is 0 Å². The molecule has 10 heteroatoms. The molecule has 10 nitrogen and oxygen atoms in total. The highest BCUT2D eigenvalue weighted by Crippen LogP contribution is 2.28. The van der Waals surface area contributed by atoms with Crippen LogP contribution in [0, 0.1) is 0 Å². The zero-order chi connectivity index (χ0) is 21.4. The molecule has 0 amide bonds. The van der Waals surface area contributed by atoms with Crippen molar-refractivity contribution in [2.24, 2.45) is 0 Å². The fourth-order valence-electron chi connectivity index (χ4n) is 2.30. The number of hydrogen-bond donors (Lipinski definition) is 0. The van der Waals surface area contributed by atoms with Gasteiger partial charge >= 0.3 is 23.9 Å². The lowest BCUT2D eigenvalue weighted by Crippen LogP contribution is -2.38. The first-order chi connectivity index (χ1) is 13.3. The highest BCUT2D eigenvalue weighted by atomic mass is 16.5. The summed E-state index contributed by atoms with van der Waals surface area (Å²) in [6, 6.07) is 0. The second-order valence-corrected chi connectivity index (χ2v) is 5.04. The molecule has 1 aliphatic rings. The van der Waals surface area contributed by atoms with E-state index in [4.69, 9.17) is 18.9 Å². The van der Waals surface area contributed by atoms with E-state index in [9.17, 15) is 28.8 Å². The Morgan fingerprint density at radius 2 is 0.679 bits per heavy atom. The molecule has 0 saturated heterocycles. The number of esters is 4. The van der Waals surface area contributed by atoms with E-state index in [0.717, 1.165) is 0 Å². The van der Waals surface area contributed by atoms with Crippen molar-refractivity contribution in [3.8, 4) is 0 Å². The Bertz CT molecular complexity index is 658. The molecule has 0 aliphatic heterocycles. The van der Waals surface area contributed by atoms with Crippen LogP contribution in [0.15, 0.2) is 22.3 Å². The summed E-state index contributed by atoms with van der Waals surface area (Å²) >= 11 is 0. The molecule has 1 rings (SSSR count). The maximum Gasteiger partial charge on any atom is 0.343 e. The first-order valence-electron chi connectivity index (χ1n) is 8.52. The summed E-state index contributed by atoms with van der Waals surface area (Å²) in [7, 11) is 0. The average Bonchev–Trinajstić information content (AvgIpc) is 2.62. The van der Waals surface area contributed by atoms with Crippen molar-refractivity contribution in [3.05, 3.63) is 22.3 Å². The van der Waals surface area contributed by atoms with Crippen LogP contribution in [-0.4, -0.2) is 61.9 Å². The number of carbonyl (C=O) groups excluding carboxylic acids is 6. The third-order valence-corrected chi connectivity index (χ3v) is 3.33. The average molecular weight is 396 g/mol. The van der Waals surface area contributed by atoms with Gasteiger partial charge in [-0.3, -0.25) is 9.59 Å². The van der Waals surface area contributed by atoms with E-state index >= 15 is 0 Å². The smallest absolute Gasteiger partial charge is 0.343 e. The van der Waals surface area contributed by atoms with Crippen molar-refractivity contribution < 1.29 is 47.7 Å². The topological polar surface area (TPSA) is 139 Å². The molecule has 0 N–H and O–H groups in total. The van der Waals surface area contributed by atoms with Gasteiger partial charge in [0.05, 0.1) is 26.4 Å². The number of carbonyl (C=O) groups is 6. The molecule has 0 radical (unpaired) electrons. The highest BCUT2D eigenvalue weighted by molar-refractivity contribution is 6.49. The predicted octanol–water partition coefficient (Wildman–Crippen LogP) is -0.0162. The van der Waals surface area contributed by atoms with Gasteiger partial charge < -0.3 is 18.9 Å². The minimum atomic E-state index is -1.36. The van der Waals surface area contributed by atoms with E-state index in [1.165, 1.54) is 27.7 Å². The van der Waals surface area contributed by atoms with Crippen molar-refractivity contribution in [1.29, 1.82) is 0 Å². The van der Waals surface area contributed by atoms with E-state index in [1.807, 2.05) is 0 Å². The molecule has 0 unspecified atom stereocenters. The minimum absolute atomic E-state index is 0.177. The van der Waals surface area contributed by atoms with Crippen LogP contribution in [0.1, 0.15) is 27.7 Å². The lowest BCUT2D eigenvalue weighted by Gasteiger charge is -2.20. The van der Waals surface area contributed by atoms with Gasteiger partial charge in [-0.05, 0) is 27.7 Å². The molecule has 0 saturated carbocycles. The van der Waals surface area contributed by atoms with Gasteiger partial charge in [0.2, 0.25) is 11.6 Å². The van der Waals surface area contributed by atoms with E-state index in [0.29, 0.717) is 0 Å². The van der Waals surface area contributed by atoms with Crippen LogP contribution in [0.3, 0.4) is 0 Å². The standard InChI is InChI=1S/C18H20O10/c1-5-25-15(21)9-10(16(22)26-6-2)14(20)12(18(24)28-8-4)11(13(9)19)17(23)27-7-3/h5-8H2,1-4H3. The first-order valence-corrected chi connectivity index (χ1v) is 8.52. The molecule has 0 bridgehead atoms. The van der Waals surface area contributed by atoms with Crippen molar-refractivity contribution in [1.82, 2.24) is 0 Å². The van der Waals surface area contributed by atoms with E-state index in [2.05, 4.69) is 0 Å². The SMILES string of the molecule is CCOC(=O)C1=C(C(=O)OCC)C(=O)C(C(=O)OCC)=C(C(=O)OCC)C1=O. The molecule has 28 heavy (non-hydrogen) atoms. The van der Waals surface area contributed by atoms with Gasteiger partial charge in [0, 0.05) is 0 Å². The highest BCUT2D eigenvalue weighted by Gasteiger charge is 2.47. The molecular formula is C18H20O10. The van der Waals surface area contributed by atoms with Crippen molar-refractivity contribution in [2.45, 2.75) is 27.7 Å². The van der Waals surface area contributed by atoms with Crippen molar-refractivity contribution >= 4 is 35.4 Å². The number of hydrogen-bond acceptors (Lipinski definition) is 10. The summed E-state index contributed by atoms with van der Waals surface area (Å²) in [5, 5.41) is 0. The third kappa shape index (κ3) is 4.51. The normalized spacial score (nSPS) is 14.0. The van der Waals surface area contributed by atoms with Crippen LogP contribution in [-0.2, 0) is 47.7 Å². The van der Waals surface area contributed by atoms with E-state index in [-0.39, 0.29) is 26.4 Å². The molecule has 0 aromatic rings. The molecule has 0 aromatic heterocycles. The van der Waals surface area contributed by atoms with Gasteiger partial charge in [-0.2, -0.15) is 0 Å². The maximum atomic E-state index is 12.9. The third-order valence-electron chi connectivity index (χ3n) is 3.33. The van der Waals surface area contributed by atoms with Crippen LogP contribution < -0.4 is 0 Å². The fourth-order valence-corrected chi connectivity index (χ4v) is 2.30. The van der Waals surface area contributed by atoms with Crippen LogP contribution in [0.2, 0.25) is 0 Å². The molecule has 0 aromatic carbocycles. The summed E-state index contributed by atoms with van der Waals surface area (Å²) in [5.74, 6) is -7.96. The van der Waals surface area contributed by atoms with Gasteiger partial charge in [-0.25, -0.2) is 19.2 Å². The van der Waals surface area contributed by atoms with E-state index < -0.39 is 57.7 Å². The maximum absolute atomic E-state index is 12.9. The second-order valence-electron chi connectivity index (χ2n) is 5.04. The zero-order valence-corrected chi connectivity index (χ0v) is 15.9. The van der Waals surface area contributed by atoms with Crippen LogP contribution in [0.5, 0.6) is 0 Å². The molecule has 0 fully saturated rings. The zero-order valence-electron chi connectivity index (χ0n) is 15.9. The summed E-state index contributed by atoms with van der Waals surface area (Å²) < 4.78 is 18.9. The number of ketones is 2. The van der Waals surface area contributed by atoms with Crippen LogP contribution in [0.4, 0.5) is 0 Å². The Balaban J connectivity index is 3.77. The lowest BCUT2D eigenvalue weighted by atomic mass is 9.83. The minimum Gasteiger partial charge on any atom is -0.462 e. The Kier molecular flexibility index (Phi) is 8.24. The van der Waals surface area contributed by atoms with Gasteiger partial charge in [0.15, 0.2) is 0 Å². The number of Topliss-reactive ketones (excluding diaryl/α,β-unsaturated/α-hetero) is 2. The summed E-state index contributed by atoms with van der Waals surface area (Å²) in [6.07, 6.45) is 0. The monoisotopic (exact) mass is 396 g/mol. The Morgan fingerprint density at radius 3 is 0.821 bits per heavy atom. The lowest BCUT2D eigenvalue weighted by molar-refractivity contribution is -0.147. The van der Waals surface area contributed by atoms with E-state index in [1.54, 1.807) is 0 Å². The predicted molar refractivity (Wildman–Crippen MR) is 90.6 cm³/mol. The molecule has 1 aliphatic carbocycles. The van der Waals surface area contributed by atoms with Crippen LogP contribution >= 0.6 is 0 Å². The largest absolute Gasteiger partial charge is 0.462 e.